The number of nitrogens with two attached hydrogens (primary N) is 4. The molecule has 0 heterocycles. The third-order valence-electron chi connectivity index (χ3n) is 1.54. The van der Waals surface area contributed by atoms with Crippen molar-refractivity contribution in [2.75, 3.05) is 19.8 Å². The van der Waals surface area contributed by atoms with Gasteiger partial charge in [-0.1, -0.05) is 40.0 Å². The van der Waals surface area contributed by atoms with E-state index in [1.165, 1.54) is 0 Å². The van der Waals surface area contributed by atoms with Crippen molar-refractivity contribution in [2.45, 2.75) is 59.3 Å². The van der Waals surface area contributed by atoms with Gasteiger partial charge in [0.15, 0.2) is 11.9 Å². The summed E-state index contributed by atoms with van der Waals surface area (Å²) in [5.74, 6) is -0.667. The highest BCUT2D eigenvalue weighted by Crippen LogP contribution is 1.79. The number of hydrogen-bond acceptors (Lipinski definition) is 5. The van der Waals surface area contributed by atoms with Crippen LogP contribution in [0.15, 0.2) is 0 Å². The van der Waals surface area contributed by atoms with Gasteiger partial charge in [-0.05, 0) is 19.3 Å². The monoisotopic (exact) mass is 376 g/mol. The normalized spacial score (nSPS) is 7.25. The fourth-order valence-corrected chi connectivity index (χ4v) is 0.474. The highest BCUT2D eigenvalue weighted by molar-refractivity contribution is 5.85. The molecular weight excluding hydrogens is 336 g/mol. The van der Waals surface area contributed by atoms with Crippen LogP contribution in [0.4, 0.5) is 0 Å². The van der Waals surface area contributed by atoms with Gasteiger partial charge >= 0.3 is 0 Å². The Kier molecular flexibility index (Phi) is 79.1. The minimum absolute atomic E-state index is 0. The first-order valence-corrected chi connectivity index (χ1v) is 7.72. The lowest BCUT2D eigenvalue weighted by atomic mass is 10.4. The SMILES string of the molecule is CCCCO.CCCCO.CCCCO.Cl.N=C(N)N.N=C(N)N. The van der Waals surface area contributed by atoms with Crippen LogP contribution in [0, 0.1) is 10.8 Å². The van der Waals surface area contributed by atoms with Gasteiger partial charge in [-0.25, -0.2) is 0 Å². The zero-order valence-electron chi connectivity index (χ0n) is 15.4. The summed E-state index contributed by atoms with van der Waals surface area (Å²) in [7, 11) is 0. The van der Waals surface area contributed by atoms with Crippen LogP contribution in [0.25, 0.3) is 0 Å². The number of aliphatic hydroxyl groups is 3. The van der Waals surface area contributed by atoms with Crippen LogP contribution in [0.2, 0.25) is 0 Å². The zero-order chi connectivity index (χ0) is 19.5. The number of guanidine groups is 2. The smallest absolute Gasteiger partial charge is 0.183 e. The molecule has 0 aliphatic heterocycles. The standard InChI is InChI=1S/3C4H10O.2CH5N3.ClH/c3*1-2-3-4-5;2*2-1(3)4;/h3*5H,2-4H2,1H3;2*(H5,2,3,4);1H. The second-order valence-electron chi connectivity index (χ2n) is 4.14. The van der Waals surface area contributed by atoms with E-state index in [4.69, 9.17) is 26.1 Å². The van der Waals surface area contributed by atoms with Gasteiger partial charge in [0, 0.05) is 19.8 Å². The zero-order valence-corrected chi connectivity index (χ0v) is 16.2. The van der Waals surface area contributed by atoms with Crippen LogP contribution in [0.1, 0.15) is 59.3 Å². The largest absolute Gasteiger partial charge is 0.396 e. The summed E-state index contributed by atoms with van der Waals surface area (Å²) in [6.07, 6.45) is 6.11. The van der Waals surface area contributed by atoms with Crippen molar-refractivity contribution < 1.29 is 15.3 Å². The first-order valence-electron chi connectivity index (χ1n) is 7.72. The average Bonchev–Trinajstić information content (AvgIpc) is 2.41. The van der Waals surface area contributed by atoms with Gasteiger partial charge in [0.1, 0.15) is 0 Å². The molecule has 0 atom stereocenters. The molecular formula is C14H41ClN6O3. The Balaban J connectivity index is -0.0000000419. The summed E-state index contributed by atoms with van der Waals surface area (Å²) in [6, 6.07) is 0. The van der Waals surface area contributed by atoms with Crippen LogP contribution < -0.4 is 22.9 Å². The van der Waals surface area contributed by atoms with Gasteiger partial charge in [-0.3, -0.25) is 10.8 Å². The summed E-state index contributed by atoms with van der Waals surface area (Å²) in [4.78, 5) is 0. The number of rotatable bonds is 6. The van der Waals surface area contributed by atoms with Crippen molar-refractivity contribution in [1.29, 1.82) is 10.8 Å². The predicted octanol–water partition coefficient (Wildman–Crippen LogP) is 0.435. The van der Waals surface area contributed by atoms with E-state index in [1.807, 2.05) is 0 Å². The summed E-state index contributed by atoms with van der Waals surface area (Å²) >= 11 is 0. The molecule has 0 radical (unpaired) electrons. The van der Waals surface area contributed by atoms with Crippen molar-refractivity contribution in [3.05, 3.63) is 0 Å². The molecule has 0 aliphatic rings. The summed E-state index contributed by atoms with van der Waals surface area (Å²) < 4.78 is 0. The molecule has 0 amide bonds. The van der Waals surface area contributed by atoms with Crippen molar-refractivity contribution in [3.63, 3.8) is 0 Å². The van der Waals surface area contributed by atoms with Crippen LogP contribution in [-0.2, 0) is 0 Å². The molecule has 0 aromatic carbocycles. The maximum atomic E-state index is 8.07. The van der Waals surface area contributed by atoms with Crippen molar-refractivity contribution >= 4 is 24.3 Å². The summed E-state index contributed by atoms with van der Waals surface area (Å²) in [5.41, 5.74) is 17.9. The lowest BCUT2D eigenvalue weighted by Crippen LogP contribution is -2.20. The predicted molar refractivity (Wildman–Crippen MR) is 105 cm³/mol. The molecule has 10 heteroatoms. The third kappa shape index (κ3) is 363. The Bertz CT molecular complexity index is 173. The van der Waals surface area contributed by atoms with Crippen molar-refractivity contribution in [1.82, 2.24) is 0 Å². The second kappa shape index (κ2) is 49.5. The van der Waals surface area contributed by atoms with Crippen molar-refractivity contribution in [3.8, 4) is 0 Å². The molecule has 0 aromatic rings. The topological polar surface area (TPSA) is 212 Å². The number of nitrogens with one attached hydrogen (secondary N) is 2. The van der Waals surface area contributed by atoms with Crippen LogP contribution in [-0.4, -0.2) is 47.1 Å². The molecule has 0 spiro atoms. The molecule has 24 heavy (non-hydrogen) atoms. The summed E-state index contributed by atoms with van der Waals surface area (Å²) in [6.45, 7) is 7.19. The maximum Gasteiger partial charge on any atom is 0.183 e. The highest BCUT2D eigenvalue weighted by Gasteiger charge is 1.70. The molecule has 9 nitrogen and oxygen atoms in total. The molecule has 0 bridgehead atoms. The van der Waals surface area contributed by atoms with E-state index < -0.39 is 0 Å². The Morgan fingerprint density at radius 1 is 0.625 bits per heavy atom. The molecule has 0 fully saturated rings. The van der Waals surface area contributed by atoms with Gasteiger partial charge < -0.3 is 38.3 Å². The molecule has 13 N–H and O–H groups in total. The Hall–Kier alpha value is -1.29. The summed E-state index contributed by atoms with van der Waals surface area (Å²) in [5, 5.41) is 36.3. The lowest BCUT2D eigenvalue weighted by Gasteiger charge is -1.79. The van der Waals surface area contributed by atoms with Gasteiger partial charge in [0.05, 0.1) is 0 Å². The van der Waals surface area contributed by atoms with E-state index in [0.29, 0.717) is 19.8 Å². The maximum absolute atomic E-state index is 8.07. The van der Waals surface area contributed by atoms with E-state index >= 15 is 0 Å². The minimum atomic E-state index is -0.333. The first kappa shape index (κ1) is 38.3. The van der Waals surface area contributed by atoms with Gasteiger partial charge in [0.2, 0.25) is 0 Å². The van der Waals surface area contributed by atoms with Gasteiger partial charge in [-0.2, -0.15) is 0 Å². The number of hydrogen-bond donors (Lipinski definition) is 9. The van der Waals surface area contributed by atoms with Gasteiger partial charge in [-0.15, -0.1) is 12.4 Å². The third-order valence-corrected chi connectivity index (χ3v) is 1.54. The quantitative estimate of drug-likeness (QED) is 0.235. The number of halogens is 1. The Morgan fingerprint density at radius 2 is 0.750 bits per heavy atom. The Morgan fingerprint density at radius 3 is 0.750 bits per heavy atom. The molecule has 0 rings (SSSR count). The minimum Gasteiger partial charge on any atom is -0.396 e. The Labute approximate surface area is 153 Å². The van der Waals surface area contributed by atoms with Crippen LogP contribution in [0.3, 0.4) is 0 Å². The van der Waals surface area contributed by atoms with Crippen LogP contribution >= 0.6 is 12.4 Å². The number of unbranched alkanes of at least 4 members (excludes halogenated alkanes) is 3. The van der Waals surface area contributed by atoms with Crippen LogP contribution in [0.5, 0.6) is 0 Å². The molecule has 0 unspecified atom stereocenters. The first-order chi connectivity index (χ1) is 10.7. The molecule has 0 aromatic heterocycles. The molecule has 0 saturated heterocycles. The van der Waals surface area contributed by atoms with Crippen molar-refractivity contribution in [2.24, 2.45) is 22.9 Å². The molecule has 0 aliphatic carbocycles. The van der Waals surface area contributed by atoms with Gasteiger partial charge in [0.25, 0.3) is 0 Å². The second-order valence-corrected chi connectivity index (χ2v) is 4.14. The fraction of sp³-hybridized carbons (Fsp3) is 0.857. The van der Waals surface area contributed by atoms with E-state index in [1.54, 1.807) is 0 Å². The van der Waals surface area contributed by atoms with E-state index in [2.05, 4.69) is 43.7 Å². The number of aliphatic hydroxyl groups excluding tert-OH is 3. The van der Waals surface area contributed by atoms with E-state index in [-0.39, 0.29) is 24.3 Å². The van der Waals surface area contributed by atoms with E-state index in [0.717, 1.165) is 38.5 Å². The molecule has 152 valence electrons. The van der Waals surface area contributed by atoms with E-state index in [9.17, 15) is 0 Å². The lowest BCUT2D eigenvalue weighted by molar-refractivity contribution is 0.286. The highest BCUT2D eigenvalue weighted by atomic mass is 35.5. The fourth-order valence-electron chi connectivity index (χ4n) is 0.474. The average molecular weight is 377 g/mol. The molecule has 0 saturated carbocycles.